The SMILES string of the molecule is CC(c1ccc(Br)cc1)N(C(=O)OC(C)(C)C)C1CC1. The molecular formula is C16H22BrNO2. The Balaban J connectivity index is 2.16. The molecule has 2 rings (SSSR count). The predicted octanol–water partition coefficient (Wildman–Crippen LogP) is 4.91. The summed E-state index contributed by atoms with van der Waals surface area (Å²) in [4.78, 5) is 14.3. The van der Waals surface area contributed by atoms with Gasteiger partial charge in [-0.1, -0.05) is 28.1 Å². The third-order valence-electron chi connectivity index (χ3n) is 3.31. The first-order chi connectivity index (χ1) is 9.28. The molecule has 4 heteroatoms. The van der Waals surface area contributed by atoms with E-state index in [1.165, 1.54) is 0 Å². The van der Waals surface area contributed by atoms with Crippen LogP contribution in [0.2, 0.25) is 0 Å². The number of nitrogens with zero attached hydrogens (tertiary/aromatic N) is 1. The molecule has 1 aromatic carbocycles. The normalized spacial score (nSPS) is 16.6. The lowest BCUT2D eigenvalue weighted by Gasteiger charge is -2.32. The molecule has 20 heavy (non-hydrogen) atoms. The molecule has 0 bridgehead atoms. The van der Waals surface area contributed by atoms with Gasteiger partial charge in [0.1, 0.15) is 5.60 Å². The highest BCUT2D eigenvalue weighted by Gasteiger charge is 2.38. The summed E-state index contributed by atoms with van der Waals surface area (Å²) < 4.78 is 6.59. The second-order valence-electron chi connectivity index (χ2n) is 6.35. The Hall–Kier alpha value is -1.03. The van der Waals surface area contributed by atoms with Gasteiger partial charge in [-0.25, -0.2) is 4.79 Å². The summed E-state index contributed by atoms with van der Waals surface area (Å²) in [5.74, 6) is 0. The smallest absolute Gasteiger partial charge is 0.411 e. The molecule has 1 fully saturated rings. The van der Waals surface area contributed by atoms with Crippen LogP contribution in [0.1, 0.15) is 52.1 Å². The molecule has 1 saturated carbocycles. The molecular weight excluding hydrogens is 318 g/mol. The zero-order valence-corrected chi connectivity index (χ0v) is 14.1. The summed E-state index contributed by atoms with van der Waals surface area (Å²) in [6, 6.07) is 8.47. The van der Waals surface area contributed by atoms with Gasteiger partial charge in [0.25, 0.3) is 0 Å². The Morgan fingerprint density at radius 1 is 1.30 bits per heavy atom. The monoisotopic (exact) mass is 339 g/mol. The van der Waals surface area contributed by atoms with Crippen molar-refractivity contribution in [2.75, 3.05) is 0 Å². The fraction of sp³-hybridized carbons (Fsp3) is 0.562. The van der Waals surface area contributed by atoms with E-state index in [1.807, 2.05) is 37.8 Å². The van der Waals surface area contributed by atoms with Gasteiger partial charge in [0.2, 0.25) is 0 Å². The lowest BCUT2D eigenvalue weighted by Crippen LogP contribution is -2.39. The molecule has 0 saturated heterocycles. The number of amides is 1. The molecule has 0 aliphatic heterocycles. The molecule has 0 spiro atoms. The summed E-state index contributed by atoms with van der Waals surface area (Å²) in [7, 11) is 0. The highest BCUT2D eigenvalue weighted by atomic mass is 79.9. The molecule has 0 radical (unpaired) electrons. The van der Waals surface area contributed by atoms with Crippen LogP contribution < -0.4 is 0 Å². The van der Waals surface area contributed by atoms with Crippen LogP contribution in [-0.4, -0.2) is 22.6 Å². The van der Waals surface area contributed by atoms with Crippen molar-refractivity contribution in [2.45, 2.75) is 58.2 Å². The summed E-state index contributed by atoms with van der Waals surface area (Å²) in [5, 5.41) is 0. The maximum atomic E-state index is 12.4. The van der Waals surface area contributed by atoms with E-state index >= 15 is 0 Å². The standard InChI is InChI=1S/C16H22BrNO2/c1-11(12-5-7-13(17)8-6-12)18(14-9-10-14)15(19)20-16(2,3)4/h5-8,11,14H,9-10H2,1-4H3. The molecule has 1 unspecified atom stereocenters. The van der Waals surface area contributed by atoms with Gasteiger partial charge in [-0.05, 0) is 58.2 Å². The van der Waals surface area contributed by atoms with Crippen molar-refractivity contribution in [2.24, 2.45) is 0 Å². The van der Waals surface area contributed by atoms with Gasteiger partial charge in [0.05, 0.1) is 6.04 Å². The van der Waals surface area contributed by atoms with E-state index in [0.29, 0.717) is 6.04 Å². The Morgan fingerprint density at radius 2 is 1.85 bits per heavy atom. The number of hydrogen-bond donors (Lipinski definition) is 0. The Morgan fingerprint density at radius 3 is 2.30 bits per heavy atom. The number of ether oxygens (including phenoxy) is 1. The molecule has 0 aromatic heterocycles. The van der Waals surface area contributed by atoms with Crippen molar-refractivity contribution >= 4 is 22.0 Å². The molecule has 1 atom stereocenters. The number of hydrogen-bond acceptors (Lipinski definition) is 2. The Bertz CT molecular complexity index is 474. The molecule has 1 aliphatic rings. The van der Waals surface area contributed by atoms with E-state index in [4.69, 9.17) is 4.74 Å². The maximum absolute atomic E-state index is 12.4. The van der Waals surface area contributed by atoms with Crippen molar-refractivity contribution in [1.82, 2.24) is 4.90 Å². The first-order valence-electron chi connectivity index (χ1n) is 7.05. The van der Waals surface area contributed by atoms with Crippen molar-refractivity contribution in [3.63, 3.8) is 0 Å². The lowest BCUT2D eigenvalue weighted by molar-refractivity contribution is 0.0153. The lowest BCUT2D eigenvalue weighted by atomic mass is 10.1. The third kappa shape index (κ3) is 3.98. The summed E-state index contributed by atoms with van der Waals surface area (Å²) in [6.07, 6.45) is 1.93. The van der Waals surface area contributed by atoms with E-state index < -0.39 is 5.60 Å². The molecule has 1 amide bonds. The van der Waals surface area contributed by atoms with Gasteiger partial charge in [-0.3, -0.25) is 4.90 Å². The summed E-state index contributed by atoms with van der Waals surface area (Å²) >= 11 is 3.44. The van der Waals surface area contributed by atoms with Crippen molar-refractivity contribution in [3.8, 4) is 0 Å². The fourth-order valence-electron chi connectivity index (χ4n) is 2.19. The largest absolute Gasteiger partial charge is 0.444 e. The van der Waals surface area contributed by atoms with Crippen molar-refractivity contribution in [3.05, 3.63) is 34.3 Å². The number of carbonyl (C=O) groups excluding carboxylic acids is 1. The maximum Gasteiger partial charge on any atom is 0.411 e. The zero-order chi connectivity index (χ0) is 14.9. The average molecular weight is 340 g/mol. The number of benzene rings is 1. The van der Waals surface area contributed by atoms with Gasteiger partial charge in [-0.2, -0.15) is 0 Å². The van der Waals surface area contributed by atoms with Crippen molar-refractivity contribution in [1.29, 1.82) is 0 Å². The molecule has 110 valence electrons. The van der Waals surface area contributed by atoms with Gasteiger partial charge < -0.3 is 4.74 Å². The second-order valence-corrected chi connectivity index (χ2v) is 7.26. The third-order valence-corrected chi connectivity index (χ3v) is 3.84. The Labute approximate surface area is 129 Å². The van der Waals surface area contributed by atoms with Crippen LogP contribution in [0.3, 0.4) is 0 Å². The number of halogens is 1. The topological polar surface area (TPSA) is 29.5 Å². The average Bonchev–Trinajstić information content (AvgIpc) is 3.12. The van der Waals surface area contributed by atoms with Crippen molar-refractivity contribution < 1.29 is 9.53 Å². The van der Waals surface area contributed by atoms with Crippen LogP contribution in [-0.2, 0) is 4.74 Å². The number of carbonyl (C=O) groups is 1. The minimum absolute atomic E-state index is 0.0328. The van der Waals surface area contributed by atoms with Gasteiger partial charge in [-0.15, -0.1) is 0 Å². The van der Waals surface area contributed by atoms with Crippen LogP contribution in [0.5, 0.6) is 0 Å². The molecule has 0 heterocycles. The first-order valence-corrected chi connectivity index (χ1v) is 7.84. The minimum atomic E-state index is -0.455. The van der Waals surface area contributed by atoms with Gasteiger partial charge in [0, 0.05) is 10.5 Å². The second kappa shape index (κ2) is 5.76. The first kappa shape index (κ1) is 15.4. The van der Waals surface area contributed by atoms with E-state index in [9.17, 15) is 4.79 Å². The highest BCUT2D eigenvalue weighted by Crippen LogP contribution is 2.35. The number of rotatable bonds is 3. The quantitative estimate of drug-likeness (QED) is 0.782. The molecule has 3 nitrogen and oxygen atoms in total. The Kier molecular flexibility index (Phi) is 4.43. The highest BCUT2D eigenvalue weighted by molar-refractivity contribution is 9.10. The van der Waals surface area contributed by atoms with Crippen LogP contribution >= 0.6 is 15.9 Å². The van der Waals surface area contributed by atoms with E-state index in [2.05, 4.69) is 35.0 Å². The summed E-state index contributed by atoms with van der Waals surface area (Å²) in [6.45, 7) is 7.77. The molecule has 1 aromatic rings. The van der Waals surface area contributed by atoms with Crippen LogP contribution in [0.4, 0.5) is 4.79 Å². The van der Waals surface area contributed by atoms with Crippen LogP contribution in [0.25, 0.3) is 0 Å². The molecule has 0 N–H and O–H groups in total. The fourth-order valence-corrected chi connectivity index (χ4v) is 2.46. The van der Waals surface area contributed by atoms with E-state index in [1.54, 1.807) is 0 Å². The van der Waals surface area contributed by atoms with Crippen LogP contribution in [0, 0.1) is 0 Å². The van der Waals surface area contributed by atoms with Gasteiger partial charge >= 0.3 is 6.09 Å². The summed E-state index contributed by atoms with van der Waals surface area (Å²) in [5.41, 5.74) is 0.676. The minimum Gasteiger partial charge on any atom is -0.444 e. The van der Waals surface area contributed by atoms with E-state index in [-0.39, 0.29) is 12.1 Å². The van der Waals surface area contributed by atoms with Crippen LogP contribution in [0.15, 0.2) is 28.7 Å². The van der Waals surface area contributed by atoms with E-state index in [0.717, 1.165) is 22.9 Å². The van der Waals surface area contributed by atoms with Gasteiger partial charge in [0.15, 0.2) is 0 Å². The predicted molar refractivity (Wildman–Crippen MR) is 83.7 cm³/mol. The zero-order valence-electron chi connectivity index (χ0n) is 12.5. The molecule has 1 aliphatic carbocycles.